The summed E-state index contributed by atoms with van der Waals surface area (Å²) in [5, 5.41) is 3.48. The molecular weight excluding hydrogens is 248 g/mol. The Labute approximate surface area is 120 Å². The van der Waals surface area contributed by atoms with E-state index in [1.165, 1.54) is 5.56 Å². The average Bonchev–Trinajstić information content (AvgIpc) is 2.48. The molecule has 0 heterocycles. The maximum Gasteiger partial charge on any atom is 0.143 e. The van der Waals surface area contributed by atoms with Crippen molar-refractivity contribution in [1.82, 2.24) is 0 Å². The zero-order chi connectivity index (χ0) is 14.4. The summed E-state index contributed by atoms with van der Waals surface area (Å²) < 4.78 is 5.23. The van der Waals surface area contributed by atoms with Gasteiger partial charge in [0.05, 0.1) is 12.8 Å². The molecule has 1 atom stereocenters. The number of ether oxygens (including phenoxy) is 1. The van der Waals surface area contributed by atoms with E-state index >= 15 is 0 Å². The van der Waals surface area contributed by atoms with Crippen molar-refractivity contribution >= 4 is 11.4 Å². The van der Waals surface area contributed by atoms with Gasteiger partial charge in [0.15, 0.2) is 0 Å². The van der Waals surface area contributed by atoms with E-state index in [2.05, 4.69) is 36.5 Å². The Balaban J connectivity index is 1.89. The average molecular weight is 270 g/mol. The summed E-state index contributed by atoms with van der Waals surface area (Å²) in [5.74, 6) is 0.713. The van der Waals surface area contributed by atoms with Gasteiger partial charge in [-0.1, -0.05) is 30.3 Å². The van der Waals surface area contributed by atoms with Gasteiger partial charge >= 0.3 is 0 Å². The molecule has 1 unspecified atom stereocenters. The standard InChI is InChI=1S/C17H22N2O/c1-13(8-9-14-6-4-3-5-7-14)19-15-10-11-16(18)17(12-15)20-2/h3-7,10-13,19H,8-9,18H2,1-2H3. The number of hydrogen-bond acceptors (Lipinski definition) is 3. The van der Waals surface area contributed by atoms with Crippen LogP contribution in [-0.2, 0) is 6.42 Å². The lowest BCUT2D eigenvalue weighted by atomic mass is 10.1. The Bertz CT molecular complexity index is 540. The van der Waals surface area contributed by atoms with Gasteiger partial charge in [-0.3, -0.25) is 0 Å². The number of aryl methyl sites for hydroxylation is 1. The Hall–Kier alpha value is -2.16. The fraction of sp³-hybridized carbons (Fsp3) is 0.294. The molecule has 20 heavy (non-hydrogen) atoms. The molecule has 3 N–H and O–H groups in total. The van der Waals surface area contributed by atoms with Crippen molar-refractivity contribution < 1.29 is 4.74 Å². The molecule has 106 valence electrons. The number of benzene rings is 2. The Kier molecular flexibility index (Phi) is 4.88. The van der Waals surface area contributed by atoms with Crippen LogP contribution in [-0.4, -0.2) is 13.2 Å². The lowest BCUT2D eigenvalue weighted by Gasteiger charge is -2.16. The molecule has 2 aromatic rings. The van der Waals surface area contributed by atoms with Crippen molar-refractivity contribution in [3.05, 3.63) is 54.1 Å². The molecule has 0 aliphatic rings. The predicted molar refractivity (Wildman–Crippen MR) is 85.3 cm³/mol. The van der Waals surface area contributed by atoms with E-state index in [0.29, 0.717) is 17.5 Å². The molecule has 3 nitrogen and oxygen atoms in total. The van der Waals surface area contributed by atoms with Crippen LogP contribution in [0.3, 0.4) is 0 Å². The Morgan fingerprint density at radius 2 is 1.90 bits per heavy atom. The van der Waals surface area contributed by atoms with Crippen LogP contribution in [0.2, 0.25) is 0 Å². The maximum atomic E-state index is 5.81. The Morgan fingerprint density at radius 1 is 1.15 bits per heavy atom. The van der Waals surface area contributed by atoms with Crippen molar-refractivity contribution in [2.24, 2.45) is 0 Å². The number of methoxy groups -OCH3 is 1. The van der Waals surface area contributed by atoms with E-state index < -0.39 is 0 Å². The molecule has 0 amide bonds. The largest absolute Gasteiger partial charge is 0.495 e. The molecule has 0 aliphatic carbocycles. The van der Waals surface area contributed by atoms with Crippen LogP contribution in [0.5, 0.6) is 5.75 Å². The third-order valence-corrected chi connectivity index (χ3v) is 3.36. The third kappa shape index (κ3) is 3.92. The van der Waals surface area contributed by atoms with Gasteiger partial charge in [-0.2, -0.15) is 0 Å². The molecule has 0 aliphatic heterocycles. The lowest BCUT2D eigenvalue weighted by molar-refractivity contribution is 0.417. The first kappa shape index (κ1) is 14.3. The molecule has 3 heteroatoms. The molecule has 0 spiro atoms. The van der Waals surface area contributed by atoms with Crippen LogP contribution in [0.1, 0.15) is 18.9 Å². The SMILES string of the molecule is COc1cc(NC(C)CCc2ccccc2)ccc1N. The minimum Gasteiger partial charge on any atom is -0.495 e. The summed E-state index contributed by atoms with van der Waals surface area (Å²) >= 11 is 0. The van der Waals surface area contributed by atoms with Crippen molar-refractivity contribution in [3.8, 4) is 5.75 Å². The number of nitrogen functional groups attached to an aromatic ring is 1. The van der Waals surface area contributed by atoms with Gasteiger partial charge in [-0.25, -0.2) is 0 Å². The smallest absolute Gasteiger partial charge is 0.143 e. The van der Waals surface area contributed by atoms with Crippen LogP contribution < -0.4 is 15.8 Å². The molecule has 0 saturated carbocycles. The van der Waals surface area contributed by atoms with E-state index in [-0.39, 0.29) is 0 Å². The lowest BCUT2D eigenvalue weighted by Crippen LogP contribution is -2.16. The fourth-order valence-electron chi connectivity index (χ4n) is 2.19. The first-order chi connectivity index (χ1) is 9.69. The number of hydrogen-bond donors (Lipinski definition) is 2. The molecule has 2 aromatic carbocycles. The number of rotatable bonds is 6. The summed E-state index contributed by atoms with van der Waals surface area (Å²) in [7, 11) is 1.63. The number of nitrogens with two attached hydrogens (primary N) is 1. The highest BCUT2D eigenvalue weighted by molar-refractivity contribution is 5.61. The summed E-state index contributed by atoms with van der Waals surface area (Å²) in [4.78, 5) is 0. The molecule has 0 aromatic heterocycles. The zero-order valence-electron chi connectivity index (χ0n) is 12.1. The van der Waals surface area contributed by atoms with Crippen LogP contribution in [0.4, 0.5) is 11.4 Å². The van der Waals surface area contributed by atoms with Gasteiger partial charge in [0.2, 0.25) is 0 Å². The molecule has 0 bridgehead atoms. The maximum absolute atomic E-state index is 5.81. The summed E-state index contributed by atoms with van der Waals surface area (Å²) in [5.41, 5.74) is 8.88. The van der Waals surface area contributed by atoms with Gasteiger partial charge < -0.3 is 15.8 Å². The topological polar surface area (TPSA) is 47.3 Å². The minimum absolute atomic E-state index is 0.392. The highest BCUT2D eigenvalue weighted by atomic mass is 16.5. The van der Waals surface area contributed by atoms with Crippen molar-refractivity contribution in [2.75, 3.05) is 18.2 Å². The second-order valence-corrected chi connectivity index (χ2v) is 5.03. The van der Waals surface area contributed by atoms with Gasteiger partial charge in [0, 0.05) is 17.8 Å². The van der Waals surface area contributed by atoms with E-state index in [9.17, 15) is 0 Å². The van der Waals surface area contributed by atoms with Crippen LogP contribution in [0, 0.1) is 0 Å². The second-order valence-electron chi connectivity index (χ2n) is 5.03. The monoisotopic (exact) mass is 270 g/mol. The van der Waals surface area contributed by atoms with Crippen molar-refractivity contribution in [3.63, 3.8) is 0 Å². The van der Waals surface area contributed by atoms with Crippen molar-refractivity contribution in [2.45, 2.75) is 25.8 Å². The van der Waals surface area contributed by atoms with E-state index in [1.54, 1.807) is 7.11 Å². The quantitative estimate of drug-likeness (QED) is 0.787. The highest BCUT2D eigenvalue weighted by Crippen LogP contribution is 2.25. The summed E-state index contributed by atoms with van der Waals surface area (Å²) in [6.45, 7) is 2.19. The van der Waals surface area contributed by atoms with Gasteiger partial charge in [0.25, 0.3) is 0 Å². The Morgan fingerprint density at radius 3 is 2.60 bits per heavy atom. The minimum atomic E-state index is 0.392. The van der Waals surface area contributed by atoms with Crippen LogP contribution >= 0.6 is 0 Å². The highest BCUT2D eigenvalue weighted by Gasteiger charge is 2.05. The van der Waals surface area contributed by atoms with Gasteiger partial charge in [0.1, 0.15) is 5.75 Å². The number of nitrogens with one attached hydrogen (secondary N) is 1. The normalized spacial score (nSPS) is 11.9. The third-order valence-electron chi connectivity index (χ3n) is 3.36. The zero-order valence-corrected chi connectivity index (χ0v) is 12.1. The van der Waals surface area contributed by atoms with E-state index in [4.69, 9.17) is 10.5 Å². The second kappa shape index (κ2) is 6.85. The molecular formula is C17H22N2O. The number of anilines is 2. The molecule has 0 saturated heterocycles. The van der Waals surface area contributed by atoms with Gasteiger partial charge in [-0.05, 0) is 37.5 Å². The summed E-state index contributed by atoms with van der Waals surface area (Å²) in [6, 6.07) is 16.7. The van der Waals surface area contributed by atoms with Crippen molar-refractivity contribution in [1.29, 1.82) is 0 Å². The van der Waals surface area contributed by atoms with Crippen LogP contribution in [0.15, 0.2) is 48.5 Å². The predicted octanol–water partition coefficient (Wildman–Crippen LogP) is 3.71. The fourth-order valence-corrected chi connectivity index (χ4v) is 2.19. The molecule has 2 rings (SSSR count). The van der Waals surface area contributed by atoms with E-state index in [1.807, 2.05) is 24.3 Å². The van der Waals surface area contributed by atoms with E-state index in [0.717, 1.165) is 18.5 Å². The van der Waals surface area contributed by atoms with Gasteiger partial charge in [-0.15, -0.1) is 0 Å². The molecule has 0 radical (unpaired) electrons. The molecule has 0 fully saturated rings. The summed E-state index contributed by atoms with van der Waals surface area (Å²) in [6.07, 6.45) is 2.15. The first-order valence-corrected chi connectivity index (χ1v) is 6.93. The van der Waals surface area contributed by atoms with Crippen LogP contribution in [0.25, 0.3) is 0 Å². The first-order valence-electron chi connectivity index (χ1n) is 6.93.